The molecular formula is C12H24N2O3S. The fourth-order valence-electron chi connectivity index (χ4n) is 1.54. The van der Waals surface area contributed by atoms with E-state index in [0.717, 1.165) is 0 Å². The largest absolute Gasteiger partial charge is 0.410 e. The summed E-state index contributed by atoms with van der Waals surface area (Å²) in [7, 11) is 1.58. The van der Waals surface area contributed by atoms with Crippen molar-refractivity contribution in [2.75, 3.05) is 26.0 Å². The van der Waals surface area contributed by atoms with E-state index in [1.54, 1.807) is 7.05 Å². The zero-order chi connectivity index (χ0) is 14.2. The maximum atomic E-state index is 11.9. The van der Waals surface area contributed by atoms with Gasteiger partial charge >= 0.3 is 0 Å². The molecule has 0 bridgehead atoms. The third-order valence-corrected chi connectivity index (χ3v) is 3.39. The summed E-state index contributed by atoms with van der Waals surface area (Å²) in [6.07, 6.45) is 0. The first-order valence-electron chi connectivity index (χ1n) is 6.02. The molecule has 0 saturated carbocycles. The fourth-order valence-corrected chi connectivity index (χ4v) is 2.63. The maximum Gasteiger partial charge on any atom is 0.230 e. The monoisotopic (exact) mass is 276 g/mol. The van der Waals surface area contributed by atoms with E-state index in [1.807, 2.05) is 27.7 Å². The Labute approximate surface area is 113 Å². The van der Waals surface area contributed by atoms with Crippen LogP contribution in [0.15, 0.2) is 5.16 Å². The van der Waals surface area contributed by atoms with Gasteiger partial charge < -0.3 is 15.3 Å². The maximum absolute atomic E-state index is 11.9. The normalized spacial score (nSPS) is 14.4. The highest BCUT2D eigenvalue weighted by molar-refractivity contribution is 8.14. The second-order valence-corrected chi connectivity index (χ2v) is 6.01. The Kier molecular flexibility index (Phi) is 8.02. The molecule has 0 aliphatic heterocycles. The Morgan fingerprint density at radius 3 is 2.50 bits per heavy atom. The lowest BCUT2D eigenvalue weighted by molar-refractivity contribution is -0.124. The number of amides is 1. The van der Waals surface area contributed by atoms with Crippen LogP contribution in [0.1, 0.15) is 27.7 Å². The lowest BCUT2D eigenvalue weighted by Gasteiger charge is -2.29. The van der Waals surface area contributed by atoms with Gasteiger partial charge in [-0.05, 0) is 12.3 Å². The summed E-state index contributed by atoms with van der Waals surface area (Å²) in [6.45, 7) is 8.99. The quantitative estimate of drug-likeness (QED) is 0.256. The van der Waals surface area contributed by atoms with Crippen LogP contribution in [-0.4, -0.2) is 42.2 Å². The van der Waals surface area contributed by atoms with Crippen LogP contribution >= 0.6 is 11.8 Å². The van der Waals surface area contributed by atoms with Gasteiger partial charge in [-0.15, -0.1) is 11.8 Å². The predicted molar refractivity (Wildman–Crippen MR) is 75.2 cm³/mol. The third-order valence-electron chi connectivity index (χ3n) is 2.40. The van der Waals surface area contributed by atoms with Crippen molar-refractivity contribution in [1.82, 2.24) is 5.32 Å². The molecule has 1 amide bonds. The molecule has 0 aliphatic rings. The van der Waals surface area contributed by atoms with E-state index in [4.69, 9.17) is 9.94 Å². The van der Waals surface area contributed by atoms with Crippen molar-refractivity contribution in [2.24, 2.45) is 16.5 Å². The molecule has 18 heavy (non-hydrogen) atoms. The minimum absolute atomic E-state index is 0.140. The zero-order valence-electron chi connectivity index (χ0n) is 11.8. The van der Waals surface area contributed by atoms with Gasteiger partial charge in [0, 0.05) is 19.4 Å². The van der Waals surface area contributed by atoms with E-state index in [-0.39, 0.29) is 11.3 Å². The van der Waals surface area contributed by atoms with Crippen LogP contribution in [0.3, 0.4) is 0 Å². The molecule has 0 aromatic rings. The second kappa shape index (κ2) is 8.37. The lowest BCUT2D eigenvalue weighted by Crippen LogP contribution is -2.40. The average molecular weight is 276 g/mol. The number of carbonyl (C=O) groups is 1. The van der Waals surface area contributed by atoms with E-state index < -0.39 is 5.92 Å². The Morgan fingerprint density at radius 2 is 2.11 bits per heavy atom. The highest BCUT2D eigenvalue weighted by Crippen LogP contribution is 2.31. The Balaban J connectivity index is 4.70. The number of nitrogens with zero attached hydrogens (tertiary/aromatic N) is 1. The minimum Gasteiger partial charge on any atom is -0.410 e. The standard InChI is InChI=1S/C12H24N2O3S/c1-6-17-7-8-18-11(14-16)9(10(15)13-5)12(2,3)4/h9,16H,6-8H2,1-5H3,(H,13,15). The molecule has 1 unspecified atom stereocenters. The third kappa shape index (κ3) is 5.73. The number of oxime groups is 1. The van der Waals surface area contributed by atoms with Crippen molar-refractivity contribution in [2.45, 2.75) is 27.7 Å². The second-order valence-electron chi connectivity index (χ2n) is 4.90. The first-order valence-corrected chi connectivity index (χ1v) is 7.01. The molecule has 0 aliphatic carbocycles. The summed E-state index contributed by atoms with van der Waals surface area (Å²) >= 11 is 1.35. The van der Waals surface area contributed by atoms with E-state index in [9.17, 15) is 4.79 Å². The molecule has 6 heteroatoms. The van der Waals surface area contributed by atoms with E-state index in [1.165, 1.54) is 11.8 Å². The number of carbonyl (C=O) groups excluding carboxylic acids is 1. The number of hydrogen-bond acceptors (Lipinski definition) is 5. The number of ether oxygens (including phenoxy) is 1. The molecule has 0 aromatic carbocycles. The van der Waals surface area contributed by atoms with Gasteiger partial charge in [0.25, 0.3) is 0 Å². The summed E-state index contributed by atoms with van der Waals surface area (Å²) in [5.41, 5.74) is -0.305. The number of hydrogen-bond donors (Lipinski definition) is 2. The SMILES string of the molecule is CCOCCSC(=NO)C(C(=O)NC)C(C)(C)C. The number of rotatable bonds is 6. The molecular weight excluding hydrogens is 252 g/mol. The molecule has 0 saturated heterocycles. The molecule has 0 aromatic heterocycles. The average Bonchev–Trinajstić information content (AvgIpc) is 2.30. The zero-order valence-corrected chi connectivity index (χ0v) is 12.6. The highest BCUT2D eigenvalue weighted by atomic mass is 32.2. The first-order chi connectivity index (χ1) is 8.38. The number of thioether (sulfide) groups is 1. The van der Waals surface area contributed by atoms with Crippen molar-refractivity contribution < 1.29 is 14.7 Å². The van der Waals surface area contributed by atoms with Crippen LogP contribution in [0.4, 0.5) is 0 Å². The van der Waals surface area contributed by atoms with Gasteiger partial charge in [0.15, 0.2) is 0 Å². The van der Waals surface area contributed by atoms with Gasteiger partial charge in [0.1, 0.15) is 5.04 Å². The Hall–Kier alpha value is -0.750. The topological polar surface area (TPSA) is 70.9 Å². The van der Waals surface area contributed by atoms with Crippen molar-refractivity contribution in [3.8, 4) is 0 Å². The molecule has 0 rings (SSSR count). The van der Waals surface area contributed by atoms with E-state index in [0.29, 0.717) is 24.0 Å². The molecule has 1 atom stereocenters. The van der Waals surface area contributed by atoms with Crippen LogP contribution in [0, 0.1) is 11.3 Å². The highest BCUT2D eigenvalue weighted by Gasteiger charge is 2.35. The van der Waals surface area contributed by atoms with Crippen molar-refractivity contribution in [3.63, 3.8) is 0 Å². The molecule has 5 nitrogen and oxygen atoms in total. The van der Waals surface area contributed by atoms with Gasteiger partial charge in [0.2, 0.25) is 5.91 Å². The molecule has 106 valence electrons. The van der Waals surface area contributed by atoms with Gasteiger partial charge in [-0.3, -0.25) is 4.79 Å². The molecule has 0 spiro atoms. The summed E-state index contributed by atoms with van der Waals surface area (Å²) in [4.78, 5) is 11.9. The first kappa shape index (κ1) is 17.2. The summed E-state index contributed by atoms with van der Waals surface area (Å²) < 4.78 is 5.22. The van der Waals surface area contributed by atoms with Crippen molar-refractivity contribution >= 4 is 22.7 Å². The Morgan fingerprint density at radius 1 is 1.50 bits per heavy atom. The minimum atomic E-state index is -0.459. The van der Waals surface area contributed by atoms with Gasteiger partial charge in [-0.25, -0.2) is 0 Å². The Bertz CT molecular complexity index is 288. The van der Waals surface area contributed by atoms with Gasteiger partial charge in [-0.2, -0.15) is 0 Å². The molecule has 0 fully saturated rings. The van der Waals surface area contributed by atoms with Crippen molar-refractivity contribution in [1.29, 1.82) is 0 Å². The van der Waals surface area contributed by atoms with E-state index in [2.05, 4.69) is 10.5 Å². The summed E-state index contributed by atoms with van der Waals surface area (Å²) in [6, 6.07) is 0. The smallest absolute Gasteiger partial charge is 0.230 e. The fraction of sp³-hybridized carbons (Fsp3) is 0.833. The van der Waals surface area contributed by atoms with Crippen LogP contribution in [0.2, 0.25) is 0 Å². The van der Waals surface area contributed by atoms with Gasteiger partial charge in [0.05, 0.1) is 12.5 Å². The van der Waals surface area contributed by atoms with Crippen LogP contribution in [0.25, 0.3) is 0 Å². The molecule has 0 radical (unpaired) electrons. The van der Waals surface area contributed by atoms with E-state index >= 15 is 0 Å². The number of nitrogens with one attached hydrogen (secondary N) is 1. The lowest BCUT2D eigenvalue weighted by atomic mass is 9.80. The van der Waals surface area contributed by atoms with Crippen LogP contribution in [-0.2, 0) is 9.53 Å². The van der Waals surface area contributed by atoms with Gasteiger partial charge in [-0.1, -0.05) is 25.9 Å². The molecule has 0 heterocycles. The molecule has 2 N–H and O–H groups in total. The summed E-state index contributed by atoms with van der Waals surface area (Å²) in [5.74, 6) is 0.0647. The summed E-state index contributed by atoms with van der Waals surface area (Å²) in [5, 5.41) is 15.4. The van der Waals surface area contributed by atoms with Crippen molar-refractivity contribution in [3.05, 3.63) is 0 Å². The predicted octanol–water partition coefficient (Wildman–Crippen LogP) is 1.95. The van der Waals surface area contributed by atoms with Crippen LogP contribution in [0.5, 0.6) is 0 Å². The van der Waals surface area contributed by atoms with Crippen LogP contribution < -0.4 is 5.32 Å².